The van der Waals surface area contributed by atoms with Crippen molar-refractivity contribution in [3.63, 3.8) is 0 Å². The standard InChI is InChI=1S/C31H34/c1-3-13-23(14-4-1)31(25-17-7-8-18-25,24-15-5-2-6-16-24)30-28-21-11-9-19-26(28)27-20-10-12-22-29(27)30/h1-6,13-16,20,22,25-30H,7-9,11,17-19,21H2. The summed E-state index contributed by atoms with van der Waals surface area (Å²) < 4.78 is 0. The monoisotopic (exact) mass is 406 g/mol. The highest BCUT2D eigenvalue weighted by atomic mass is 14.6. The van der Waals surface area contributed by atoms with Gasteiger partial charge in [0.15, 0.2) is 0 Å². The first kappa shape index (κ1) is 19.4. The quantitative estimate of drug-likeness (QED) is 0.456. The van der Waals surface area contributed by atoms with Gasteiger partial charge in [0.25, 0.3) is 0 Å². The summed E-state index contributed by atoms with van der Waals surface area (Å²) in [6, 6.07) is 23.3. The van der Waals surface area contributed by atoms with Gasteiger partial charge < -0.3 is 0 Å². The smallest absolute Gasteiger partial charge is 0.0268 e. The highest BCUT2D eigenvalue weighted by molar-refractivity contribution is 5.44. The molecule has 0 saturated heterocycles. The number of fused-ring (bicyclic) bond motifs is 3. The van der Waals surface area contributed by atoms with Crippen molar-refractivity contribution in [2.75, 3.05) is 0 Å². The molecule has 3 saturated carbocycles. The highest BCUT2D eigenvalue weighted by Crippen LogP contribution is 2.65. The molecule has 2 aromatic carbocycles. The van der Waals surface area contributed by atoms with Crippen molar-refractivity contribution >= 4 is 0 Å². The van der Waals surface area contributed by atoms with Gasteiger partial charge in [-0.1, -0.05) is 97.8 Å². The molecule has 4 aliphatic carbocycles. The molecular weight excluding hydrogens is 372 g/mol. The fourth-order valence-electron chi connectivity index (χ4n) is 8.41. The summed E-state index contributed by atoms with van der Waals surface area (Å²) in [6.07, 6.45) is 16.0. The average molecular weight is 407 g/mol. The number of hydrogen-bond donors (Lipinski definition) is 0. The van der Waals surface area contributed by atoms with E-state index in [9.17, 15) is 0 Å². The van der Waals surface area contributed by atoms with Crippen molar-refractivity contribution in [2.45, 2.75) is 56.8 Å². The summed E-state index contributed by atoms with van der Waals surface area (Å²) in [5, 5.41) is 0. The van der Waals surface area contributed by atoms with Crippen molar-refractivity contribution < 1.29 is 0 Å². The molecule has 0 aliphatic heterocycles. The largest absolute Gasteiger partial charge is 0.0746 e. The van der Waals surface area contributed by atoms with E-state index < -0.39 is 0 Å². The van der Waals surface area contributed by atoms with E-state index in [2.05, 4.69) is 84.3 Å². The zero-order valence-corrected chi connectivity index (χ0v) is 18.5. The number of benzene rings is 2. The van der Waals surface area contributed by atoms with Crippen LogP contribution in [0.1, 0.15) is 62.5 Å². The van der Waals surface area contributed by atoms with Crippen LogP contribution in [0.5, 0.6) is 0 Å². The van der Waals surface area contributed by atoms with Gasteiger partial charge in [-0.25, -0.2) is 0 Å². The second-order valence-electron chi connectivity index (χ2n) is 10.5. The van der Waals surface area contributed by atoms with Gasteiger partial charge >= 0.3 is 0 Å². The summed E-state index contributed by atoms with van der Waals surface area (Å²) >= 11 is 0. The van der Waals surface area contributed by atoms with E-state index in [0.29, 0.717) is 17.8 Å². The minimum atomic E-state index is 0.0993. The van der Waals surface area contributed by atoms with Crippen molar-refractivity contribution in [2.24, 2.45) is 35.5 Å². The molecular formula is C31H34. The molecule has 0 nitrogen and oxygen atoms in total. The Bertz CT molecular complexity index is 957. The Kier molecular flexibility index (Phi) is 5.02. The Morgan fingerprint density at radius 2 is 1.10 bits per heavy atom. The maximum absolute atomic E-state index is 3.43. The fourth-order valence-corrected chi connectivity index (χ4v) is 8.41. The van der Waals surface area contributed by atoms with E-state index in [1.807, 2.05) is 0 Å². The Morgan fingerprint density at radius 3 is 1.71 bits per heavy atom. The van der Waals surface area contributed by atoms with Gasteiger partial charge in [0, 0.05) is 5.41 Å². The second kappa shape index (κ2) is 8.02. The summed E-state index contributed by atoms with van der Waals surface area (Å²) in [4.78, 5) is 0. The van der Waals surface area contributed by atoms with Gasteiger partial charge in [-0.05, 0) is 84.5 Å². The van der Waals surface area contributed by atoms with Crippen molar-refractivity contribution in [1.29, 1.82) is 0 Å². The Labute approximate surface area is 187 Å². The van der Waals surface area contributed by atoms with Gasteiger partial charge in [0.05, 0.1) is 0 Å². The molecule has 0 bridgehead atoms. The molecule has 0 aromatic heterocycles. The van der Waals surface area contributed by atoms with Gasteiger partial charge in [-0.3, -0.25) is 0 Å². The van der Waals surface area contributed by atoms with Crippen LogP contribution >= 0.6 is 0 Å². The lowest BCUT2D eigenvalue weighted by molar-refractivity contribution is 0.115. The molecule has 4 aliphatic rings. The number of hydrogen-bond acceptors (Lipinski definition) is 0. The molecule has 0 radical (unpaired) electrons. The average Bonchev–Trinajstić information content (AvgIpc) is 3.49. The Morgan fingerprint density at radius 1 is 0.581 bits per heavy atom. The molecule has 0 heterocycles. The van der Waals surface area contributed by atoms with Gasteiger partial charge in [0.1, 0.15) is 0 Å². The molecule has 0 spiro atoms. The number of allylic oxidation sites excluding steroid dienone is 2. The van der Waals surface area contributed by atoms with E-state index >= 15 is 0 Å². The first-order valence-corrected chi connectivity index (χ1v) is 12.7. The van der Waals surface area contributed by atoms with Crippen LogP contribution in [0, 0.1) is 35.5 Å². The predicted molar refractivity (Wildman–Crippen MR) is 128 cm³/mol. The lowest BCUT2D eigenvalue weighted by atomic mass is 9.53. The summed E-state index contributed by atoms with van der Waals surface area (Å²) in [5.41, 5.74) is 10.0. The molecule has 6 rings (SSSR count). The first-order valence-electron chi connectivity index (χ1n) is 12.7. The molecule has 3 fully saturated rings. The number of rotatable bonds is 4. The van der Waals surface area contributed by atoms with Crippen LogP contribution in [0.15, 0.2) is 84.3 Å². The summed E-state index contributed by atoms with van der Waals surface area (Å²) in [6.45, 7) is 0. The summed E-state index contributed by atoms with van der Waals surface area (Å²) in [7, 11) is 0. The third-order valence-electron chi connectivity index (χ3n) is 9.35. The van der Waals surface area contributed by atoms with Crippen LogP contribution in [-0.2, 0) is 5.41 Å². The van der Waals surface area contributed by atoms with Crippen LogP contribution in [0.25, 0.3) is 0 Å². The molecule has 158 valence electrons. The molecule has 0 amide bonds. The molecule has 5 atom stereocenters. The van der Waals surface area contributed by atoms with Crippen LogP contribution in [0.2, 0.25) is 0 Å². The topological polar surface area (TPSA) is 0 Å². The minimum Gasteiger partial charge on any atom is -0.0746 e. The minimum absolute atomic E-state index is 0.0993. The molecule has 31 heavy (non-hydrogen) atoms. The zero-order valence-electron chi connectivity index (χ0n) is 18.5. The fraction of sp³-hybridized carbons (Fsp3) is 0.484. The lowest BCUT2D eigenvalue weighted by Gasteiger charge is -2.50. The lowest BCUT2D eigenvalue weighted by Crippen LogP contribution is -2.47. The van der Waals surface area contributed by atoms with Gasteiger partial charge in [-0.15, -0.1) is 0 Å². The normalized spacial score (nSPS) is 32.2. The zero-order chi connectivity index (χ0) is 20.7. The van der Waals surface area contributed by atoms with Gasteiger partial charge in [0.2, 0.25) is 0 Å². The van der Waals surface area contributed by atoms with Crippen molar-refractivity contribution in [3.8, 4) is 0 Å². The summed E-state index contributed by atoms with van der Waals surface area (Å²) in [5.74, 6) is 4.26. The van der Waals surface area contributed by atoms with Crippen molar-refractivity contribution in [1.82, 2.24) is 0 Å². The second-order valence-corrected chi connectivity index (χ2v) is 10.5. The molecule has 0 heteroatoms. The SMILES string of the molecule is C1=C=CC2C(C=1)C1CCCCC1C2C(c1ccccc1)(c1ccccc1)C1CCCC1. The van der Waals surface area contributed by atoms with Crippen LogP contribution < -0.4 is 0 Å². The van der Waals surface area contributed by atoms with Crippen LogP contribution in [0.4, 0.5) is 0 Å². The predicted octanol–water partition coefficient (Wildman–Crippen LogP) is 7.71. The van der Waals surface area contributed by atoms with Crippen molar-refractivity contribution in [3.05, 3.63) is 95.4 Å². The van der Waals surface area contributed by atoms with E-state index in [1.165, 1.54) is 51.4 Å². The molecule has 5 unspecified atom stereocenters. The van der Waals surface area contributed by atoms with E-state index in [1.54, 1.807) is 11.1 Å². The van der Waals surface area contributed by atoms with Crippen LogP contribution in [0.3, 0.4) is 0 Å². The van der Waals surface area contributed by atoms with Gasteiger partial charge in [-0.2, -0.15) is 0 Å². The van der Waals surface area contributed by atoms with E-state index in [-0.39, 0.29) is 5.41 Å². The van der Waals surface area contributed by atoms with E-state index in [0.717, 1.165) is 17.8 Å². The third-order valence-corrected chi connectivity index (χ3v) is 9.35. The first-order chi connectivity index (χ1) is 15.4. The highest BCUT2D eigenvalue weighted by Gasteiger charge is 2.60. The Balaban J connectivity index is 1.62. The van der Waals surface area contributed by atoms with Crippen LogP contribution in [-0.4, -0.2) is 0 Å². The third kappa shape index (κ3) is 2.96. The molecule has 0 N–H and O–H groups in total. The maximum Gasteiger partial charge on any atom is 0.0268 e. The van der Waals surface area contributed by atoms with E-state index in [4.69, 9.17) is 0 Å². The maximum atomic E-state index is 3.43. The molecule has 2 aromatic rings. The Hall–Kier alpha value is -2.26.